The first kappa shape index (κ1) is 21.7. The average Bonchev–Trinajstić information content (AvgIpc) is 2.76. The molecule has 0 aliphatic carbocycles. The van der Waals surface area contributed by atoms with Crippen LogP contribution in [0.25, 0.3) is 0 Å². The maximum Gasteiger partial charge on any atom is 0.333 e. The molecule has 0 aliphatic heterocycles. The van der Waals surface area contributed by atoms with Gasteiger partial charge in [0, 0.05) is 17.8 Å². The molecule has 10 heteroatoms. The molecule has 0 saturated carbocycles. The molecule has 0 radical (unpaired) electrons. The minimum Gasteiger partial charge on any atom is -0.467 e. The van der Waals surface area contributed by atoms with Gasteiger partial charge in [-0.15, -0.1) is 0 Å². The van der Waals surface area contributed by atoms with E-state index in [9.17, 15) is 24.5 Å². The van der Waals surface area contributed by atoms with Gasteiger partial charge in [0.15, 0.2) is 6.04 Å². The third-order valence-electron chi connectivity index (χ3n) is 4.45. The Bertz CT molecular complexity index is 1210. The second kappa shape index (κ2) is 9.23. The molecule has 0 saturated heterocycles. The summed E-state index contributed by atoms with van der Waals surface area (Å²) in [5.41, 5.74) is -0.515. The Labute approximate surface area is 181 Å². The van der Waals surface area contributed by atoms with Gasteiger partial charge in [-0.1, -0.05) is 41.9 Å². The lowest BCUT2D eigenvalue weighted by atomic mass is 10.1. The normalized spacial score (nSPS) is 11.4. The van der Waals surface area contributed by atoms with Crippen molar-refractivity contribution in [3.8, 4) is 0 Å². The van der Waals surface area contributed by atoms with Crippen LogP contribution in [-0.4, -0.2) is 28.5 Å². The number of aromatic nitrogens is 1. The molecule has 158 valence electrons. The van der Waals surface area contributed by atoms with Crippen LogP contribution in [0.3, 0.4) is 0 Å². The summed E-state index contributed by atoms with van der Waals surface area (Å²) < 4.78 is 6.01. The lowest BCUT2D eigenvalue weighted by molar-refractivity contribution is -0.384. The molecule has 1 unspecified atom stereocenters. The summed E-state index contributed by atoms with van der Waals surface area (Å²) in [5, 5.41) is 13.1. The summed E-state index contributed by atoms with van der Waals surface area (Å²) in [6.07, 6.45) is 1.41. The Kier molecular flexibility index (Phi) is 6.46. The molecule has 0 spiro atoms. The Morgan fingerprint density at radius 3 is 2.45 bits per heavy atom. The number of nitrogens with one attached hydrogen (secondary N) is 1. The summed E-state index contributed by atoms with van der Waals surface area (Å²) in [5.74, 6) is -1.35. The number of nitro groups is 1. The SMILES string of the molecule is COC(=O)C(c1ccccc1)n1cccc(NC(=O)c2ccc([N+](=O)[O-])c(Cl)c2)c1=O. The van der Waals surface area contributed by atoms with Gasteiger partial charge >= 0.3 is 5.97 Å². The van der Waals surface area contributed by atoms with Crippen molar-refractivity contribution >= 4 is 34.9 Å². The third-order valence-corrected chi connectivity index (χ3v) is 4.75. The number of amides is 1. The Hall–Kier alpha value is -3.98. The van der Waals surface area contributed by atoms with E-state index >= 15 is 0 Å². The zero-order chi connectivity index (χ0) is 22.5. The number of pyridine rings is 1. The fraction of sp³-hybridized carbons (Fsp3) is 0.0952. The predicted octanol–water partition coefficient (Wildman–Crippen LogP) is 3.42. The van der Waals surface area contributed by atoms with E-state index in [0.29, 0.717) is 5.56 Å². The minimum absolute atomic E-state index is 0.0259. The number of hydrogen-bond donors (Lipinski definition) is 1. The highest BCUT2D eigenvalue weighted by Gasteiger charge is 2.25. The van der Waals surface area contributed by atoms with E-state index in [-0.39, 0.29) is 22.0 Å². The molecule has 1 aromatic heterocycles. The molecule has 1 amide bonds. The Balaban J connectivity index is 1.96. The Morgan fingerprint density at radius 2 is 1.84 bits per heavy atom. The molecular formula is C21H16ClN3O6. The van der Waals surface area contributed by atoms with Crippen molar-refractivity contribution < 1.29 is 19.2 Å². The topological polar surface area (TPSA) is 121 Å². The number of ether oxygens (including phenoxy) is 1. The summed E-state index contributed by atoms with van der Waals surface area (Å²) in [6.45, 7) is 0. The van der Waals surface area contributed by atoms with Crippen molar-refractivity contribution in [3.05, 3.63) is 103 Å². The van der Waals surface area contributed by atoms with Crippen LogP contribution < -0.4 is 10.9 Å². The molecule has 1 N–H and O–H groups in total. The van der Waals surface area contributed by atoms with Gasteiger partial charge in [0.25, 0.3) is 17.2 Å². The van der Waals surface area contributed by atoms with Crippen molar-refractivity contribution in [2.45, 2.75) is 6.04 Å². The van der Waals surface area contributed by atoms with Crippen molar-refractivity contribution in [3.63, 3.8) is 0 Å². The van der Waals surface area contributed by atoms with Gasteiger partial charge in [0.2, 0.25) is 0 Å². The number of nitro benzene ring substituents is 1. The molecule has 2 aromatic carbocycles. The van der Waals surface area contributed by atoms with E-state index in [0.717, 1.165) is 16.7 Å². The molecule has 31 heavy (non-hydrogen) atoms. The van der Waals surface area contributed by atoms with Gasteiger partial charge < -0.3 is 10.1 Å². The van der Waals surface area contributed by atoms with E-state index in [1.165, 1.54) is 31.5 Å². The summed E-state index contributed by atoms with van der Waals surface area (Å²) in [7, 11) is 1.22. The average molecular weight is 442 g/mol. The van der Waals surface area contributed by atoms with Crippen molar-refractivity contribution in [2.75, 3.05) is 12.4 Å². The van der Waals surface area contributed by atoms with E-state index in [1.54, 1.807) is 30.3 Å². The van der Waals surface area contributed by atoms with E-state index in [4.69, 9.17) is 16.3 Å². The van der Waals surface area contributed by atoms with Gasteiger partial charge in [-0.3, -0.25) is 24.3 Å². The van der Waals surface area contributed by atoms with Crippen molar-refractivity contribution in [1.29, 1.82) is 0 Å². The molecule has 3 rings (SSSR count). The lowest BCUT2D eigenvalue weighted by Crippen LogP contribution is -2.33. The first-order valence-electron chi connectivity index (χ1n) is 8.92. The van der Waals surface area contributed by atoms with Gasteiger partial charge in [-0.25, -0.2) is 4.79 Å². The Morgan fingerprint density at radius 1 is 1.13 bits per heavy atom. The minimum atomic E-state index is -1.05. The monoisotopic (exact) mass is 441 g/mol. The third kappa shape index (κ3) is 4.62. The molecular weight excluding hydrogens is 426 g/mol. The van der Waals surface area contributed by atoms with E-state index in [2.05, 4.69) is 5.32 Å². The fourth-order valence-electron chi connectivity index (χ4n) is 2.96. The second-order valence-electron chi connectivity index (χ2n) is 6.35. The highest BCUT2D eigenvalue weighted by Crippen LogP contribution is 2.25. The second-order valence-corrected chi connectivity index (χ2v) is 6.76. The van der Waals surface area contributed by atoms with Crippen LogP contribution in [0.1, 0.15) is 22.0 Å². The molecule has 9 nitrogen and oxygen atoms in total. The number of benzene rings is 2. The number of carbonyl (C=O) groups excluding carboxylic acids is 2. The van der Waals surface area contributed by atoms with Crippen molar-refractivity contribution in [2.24, 2.45) is 0 Å². The standard InChI is InChI=1S/C21H16ClN3O6/c1-31-21(28)18(13-6-3-2-4-7-13)24-11-5-8-16(20(24)27)23-19(26)14-9-10-17(25(29)30)15(22)12-14/h2-12,18H,1H3,(H,23,26). The first-order chi connectivity index (χ1) is 14.8. The molecule has 3 aromatic rings. The summed E-state index contributed by atoms with van der Waals surface area (Å²) in [6, 6.07) is 13.9. The largest absolute Gasteiger partial charge is 0.467 e. The fourth-order valence-corrected chi connectivity index (χ4v) is 3.21. The van der Waals surface area contributed by atoms with E-state index in [1.807, 2.05) is 0 Å². The molecule has 0 bridgehead atoms. The first-order valence-corrected chi connectivity index (χ1v) is 9.30. The molecule has 0 fully saturated rings. The van der Waals surface area contributed by atoms with Crippen LogP contribution in [0.4, 0.5) is 11.4 Å². The highest BCUT2D eigenvalue weighted by atomic mass is 35.5. The number of esters is 1. The number of nitrogens with zero attached hydrogens (tertiary/aromatic N) is 2. The molecule has 1 atom stereocenters. The lowest BCUT2D eigenvalue weighted by Gasteiger charge is -2.19. The zero-order valence-corrected chi connectivity index (χ0v) is 16.9. The van der Waals surface area contributed by atoms with Crippen LogP contribution >= 0.6 is 11.6 Å². The van der Waals surface area contributed by atoms with Gasteiger partial charge in [-0.2, -0.15) is 0 Å². The van der Waals surface area contributed by atoms with Crippen LogP contribution in [-0.2, 0) is 9.53 Å². The van der Waals surface area contributed by atoms with Gasteiger partial charge in [0.05, 0.1) is 12.0 Å². The number of halogens is 1. The molecule has 0 aliphatic rings. The predicted molar refractivity (Wildman–Crippen MR) is 113 cm³/mol. The number of methoxy groups -OCH3 is 1. The maximum absolute atomic E-state index is 13.0. The number of hydrogen-bond acceptors (Lipinski definition) is 6. The zero-order valence-electron chi connectivity index (χ0n) is 16.2. The van der Waals surface area contributed by atoms with Crippen LogP contribution in [0.5, 0.6) is 0 Å². The van der Waals surface area contributed by atoms with Crippen molar-refractivity contribution in [1.82, 2.24) is 4.57 Å². The van der Waals surface area contributed by atoms with Gasteiger partial charge in [-0.05, 0) is 29.8 Å². The highest BCUT2D eigenvalue weighted by molar-refractivity contribution is 6.33. The van der Waals surface area contributed by atoms with Crippen LogP contribution in [0.15, 0.2) is 71.7 Å². The number of anilines is 1. The number of rotatable bonds is 6. The van der Waals surface area contributed by atoms with Crippen LogP contribution in [0.2, 0.25) is 5.02 Å². The quantitative estimate of drug-likeness (QED) is 0.355. The summed E-state index contributed by atoms with van der Waals surface area (Å²) >= 11 is 5.85. The van der Waals surface area contributed by atoms with Gasteiger partial charge in [0.1, 0.15) is 10.7 Å². The number of carbonyl (C=O) groups is 2. The van der Waals surface area contributed by atoms with E-state index < -0.39 is 28.4 Å². The molecule has 1 heterocycles. The summed E-state index contributed by atoms with van der Waals surface area (Å²) in [4.78, 5) is 48.2. The maximum atomic E-state index is 13.0. The smallest absolute Gasteiger partial charge is 0.333 e. The van der Waals surface area contributed by atoms with Crippen LogP contribution in [0, 0.1) is 10.1 Å².